The lowest BCUT2D eigenvalue weighted by Gasteiger charge is -2.02. The number of fused-ring (bicyclic) bond motifs is 1. The van der Waals surface area contributed by atoms with Gasteiger partial charge < -0.3 is 4.57 Å². The van der Waals surface area contributed by atoms with Gasteiger partial charge in [-0.2, -0.15) is 4.99 Å². The minimum atomic E-state index is -0.295. The highest BCUT2D eigenvalue weighted by Gasteiger charge is 2.08. The smallest absolute Gasteiger partial charge is 0.249 e. The van der Waals surface area contributed by atoms with Crippen molar-refractivity contribution in [3.63, 3.8) is 0 Å². The second kappa shape index (κ2) is 8.60. The van der Waals surface area contributed by atoms with Crippen molar-refractivity contribution >= 4 is 39.2 Å². The van der Waals surface area contributed by atoms with Crippen LogP contribution >= 0.6 is 23.1 Å². The summed E-state index contributed by atoms with van der Waals surface area (Å²) in [7, 11) is 0. The van der Waals surface area contributed by atoms with Crippen molar-refractivity contribution in [3.05, 3.63) is 58.9 Å². The van der Waals surface area contributed by atoms with E-state index in [1.165, 1.54) is 47.4 Å². The summed E-state index contributed by atoms with van der Waals surface area (Å²) in [5, 5.41) is 0. The van der Waals surface area contributed by atoms with Gasteiger partial charge in [0, 0.05) is 23.6 Å². The topological polar surface area (TPSA) is 34.4 Å². The van der Waals surface area contributed by atoms with Crippen molar-refractivity contribution in [2.45, 2.75) is 31.2 Å². The molecule has 136 valence electrons. The van der Waals surface area contributed by atoms with Crippen LogP contribution in [-0.2, 0) is 11.3 Å². The van der Waals surface area contributed by atoms with Crippen LogP contribution in [0.2, 0.25) is 0 Å². The van der Waals surface area contributed by atoms with E-state index >= 15 is 0 Å². The zero-order valence-corrected chi connectivity index (χ0v) is 15.9. The minimum Gasteiger partial charge on any atom is -0.316 e. The van der Waals surface area contributed by atoms with Gasteiger partial charge in [-0.3, -0.25) is 4.79 Å². The van der Waals surface area contributed by atoms with Crippen molar-refractivity contribution in [2.75, 3.05) is 5.75 Å². The number of carbonyl (C=O) groups excluding carboxylic acids is 1. The number of aromatic nitrogens is 1. The molecule has 0 unspecified atom stereocenters. The maximum atomic E-state index is 13.5. The molecule has 0 aliphatic carbocycles. The fraction of sp³-hybridized carbons (Fsp3) is 0.263. The Labute approximate surface area is 158 Å². The highest BCUT2D eigenvalue weighted by molar-refractivity contribution is 7.99. The van der Waals surface area contributed by atoms with E-state index in [0.717, 1.165) is 28.1 Å². The molecule has 7 heteroatoms. The van der Waals surface area contributed by atoms with Gasteiger partial charge in [-0.15, -0.1) is 11.8 Å². The second-order valence-electron chi connectivity index (χ2n) is 5.71. The number of halogens is 2. The first-order valence-electron chi connectivity index (χ1n) is 8.31. The SMILES string of the molecule is CCCn1c(=NC(=O)CCSc2ccc(F)cc2)sc2cc(F)ccc21. The van der Waals surface area contributed by atoms with Gasteiger partial charge in [0.15, 0.2) is 4.80 Å². The summed E-state index contributed by atoms with van der Waals surface area (Å²) in [6.45, 7) is 2.77. The molecule has 0 N–H and O–H groups in total. The standard InChI is InChI=1S/C19H18F2N2OS2/c1-2-10-23-16-8-5-14(21)12-17(16)26-19(23)22-18(24)9-11-25-15-6-3-13(20)4-7-15/h3-8,12H,2,9-11H2,1H3. The lowest BCUT2D eigenvalue weighted by molar-refractivity contribution is -0.117. The van der Waals surface area contributed by atoms with E-state index in [1.54, 1.807) is 18.2 Å². The van der Waals surface area contributed by atoms with Gasteiger partial charge in [0.2, 0.25) is 5.91 Å². The van der Waals surface area contributed by atoms with E-state index in [4.69, 9.17) is 0 Å². The second-order valence-corrected chi connectivity index (χ2v) is 7.88. The van der Waals surface area contributed by atoms with Crippen LogP contribution in [0.5, 0.6) is 0 Å². The van der Waals surface area contributed by atoms with Crippen LogP contribution in [0.25, 0.3) is 10.2 Å². The predicted molar refractivity (Wildman–Crippen MR) is 102 cm³/mol. The number of thioether (sulfide) groups is 1. The van der Waals surface area contributed by atoms with Crippen molar-refractivity contribution < 1.29 is 13.6 Å². The molecule has 2 aromatic carbocycles. The van der Waals surface area contributed by atoms with E-state index in [-0.39, 0.29) is 24.0 Å². The number of benzene rings is 2. The van der Waals surface area contributed by atoms with Crippen molar-refractivity contribution in [3.8, 4) is 0 Å². The molecule has 0 saturated carbocycles. The van der Waals surface area contributed by atoms with Crippen LogP contribution in [0, 0.1) is 11.6 Å². The van der Waals surface area contributed by atoms with Crippen LogP contribution in [0.1, 0.15) is 19.8 Å². The molecule has 0 spiro atoms. The third-order valence-electron chi connectivity index (χ3n) is 3.71. The monoisotopic (exact) mass is 392 g/mol. The molecule has 1 amide bonds. The number of aryl methyl sites for hydroxylation is 1. The first-order chi connectivity index (χ1) is 12.6. The maximum Gasteiger partial charge on any atom is 0.249 e. The predicted octanol–water partition coefficient (Wildman–Crippen LogP) is 5.00. The highest BCUT2D eigenvalue weighted by atomic mass is 32.2. The minimum absolute atomic E-state index is 0.212. The Morgan fingerprint density at radius 2 is 1.88 bits per heavy atom. The normalized spacial score (nSPS) is 12.0. The number of hydrogen-bond donors (Lipinski definition) is 0. The molecule has 0 atom stereocenters. The molecular formula is C19H18F2N2OS2. The van der Waals surface area contributed by atoms with Crippen molar-refractivity contribution in [2.24, 2.45) is 4.99 Å². The molecule has 0 radical (unpaired) electrons. The summed E-state index contributed by atoms with van der Waals surface area (Å²) >= 11 is 2.81. The molecular weight excluding hydrogens is 374 g/mol. The zero-order valence-electron chi connectivity index (χ0n) is 14.2. The maximum absolute atomic E-state index is 13.5. The Hall–Kier alpha value is -1.99. The van der Waals surface area contributed by atoms with Gasteiger partial charge in [-0.25, -0.2) is 8.78 Å². The van der Waals surface area contributed by atoms with Gasteiger partial charge in [0.05, 0.1) is 10.2 Å². The number of hydrogen-bond acceptors (Lipinski definition) is 3. The Morgan fingerprint density at radius 3 is 2.62 bits per heavy atom. The van der Waals surface area contributed by atoms with E-state index in [1.807, 2.05) is 11.5 Å². The van der Waals surface area contributed by atoms with E-state index in [9.17, 15) is 13.6 Å². The van der Waals surface area contributed by atoms with Gasteiger partial charge in [-0.05, 0) is 48.9 Å². The molecule has 0 fully saturated rings. The first-order valence-corrected chi connectivity index (χ1v) is 10.1. The van der Waals surface area contributed by atoms with Crippen molar-refractivity contribution in [1.82, 2.24) is 4.57 Å². The highest BCUT2D eigenvalue weighted by Crippen LogP contribution is 2.20. The summed E-state index contributed by atoms with van der Waals surface area (Å²) in [6.07, 6.45) is 1.18. The molecule has 0 bridgehead atoms. The first kappa shape index (κ1) is 18.8. The molecule has 3 rings (SSSR count). The molecule has 1 aromatic heterocycles. The van der Waals surface area contributed by atoms with Crippen LogP contribution < -0.4 is 4.80 Å². The van der Waals surface area contributed by atoms with Crippen LogP contribution in [-0.4, -0.2) is 16.2 Å². The largest absolute Gasteiger partial charge is 0.316 e. The third-order valence-corrected chi connectivity index (χ3v) is 5.77. The van der Waals surface area contributed by atoms with E-state index in [2.05, 4.69) is 4.99 Å². The summed E-state index contributed by atoms with van der Waals surface area (Å²) in [5.41, 5.74) is 0.894. The Morgan fingerprint density at radius 1 is 1.15 bits per heavy atom. The lowest BCUT2D eigenvalue weighted by atomic mass is 10.3. The summed E-state index contributed by atoms with van der Waals surface area (Å²) in [6, 6.07) is 10.8. The summed E-state index contributed by atoms with van der Waals surface area (Å²) < 4.78 is 29.1. The van der Waals surface area contributed by atoms with Gasteiger partial charge in [0.1, 0.15) is 11.6 Å². The lowest BCUT2D eigenvalue weighted by Crippen LogP contribution is -2.16. The molecule has 0 aliphatic heterocycles. The van der Waals surface area contributed by atoms with Crippen LogP contribution in [0.4, 0.5) is 8.78 Å². The molecule has 1 heterocycles. The quantitative estimate of drug-likeness (QED) is 0.553. The van der Waals surface area contributed by atoms with Gasteiger partial charge in [0.25, 0.3) is 0 Å². The number of carbonyl (C=O) groups is 1. The fourth-order valence-electron chi connectivity index (χ4n) is 2.52. The molecule has 3 nitrogen and oxygen atoms in total. The van der Waals surface area contributed by atoms with E-state index in [0.29, 0.717) is 10.6 Å². The zero-order chi connectivity index (χ0) is 18.5. The molecule has 0 aliphatic rings. The summed E-state index contributed by atoms with van der Waals surface area (Å²) in [4.78, 5) is 18.0. The Kier molecular flexibility index (Phi) is 6.21. The number of thiazole rings is 1. The number of amides is 1. The van der Waals surface area contributed by atoms with Crippen LogP contribution in [0.3, 0.4) is 0 Å². The number of rotatable bonds is 6. The van der Waals surface area contributed by atoms with Crippen molar-refractivity contribution in [1.29, 1.82) is 0 Å². The average Bonchev–Trinajstić information content (AvgIpc) is 2.93. The van der Waals surface area contributed by atoms with Crippen LogP contribution in [0.15, 0.2) is 52.4 Å². The van der Waals surface area contributed by atoms with Gasteiger partial charge in [-0.1, -0.05) is 18.3 Å². The third kappa shape index (κ3) is 4.59. The number of nitrogens with zero attached hydrogens (tertiary/aromatic N) is 2. The Bertz CT molecular complexity index is 977. The average molecular weight is 392 g/mol. The van der Waals surface area contributed by atoms with E-state index < -0.39 is 0 Å². The summed E-state index contributed by atoms with van der Waals surface area (Å²) in [5.74, 6) is -0.212. The van der Waals surface area contributed by atoms with Gasteiger partial charge >= 0.3 is 0 Å². The molecule has 0 saturated heterocycles. The molecule has 26 heavy (non-hydrogen) atoms. The fourth-order valence-corrected chi connectivity index (χ4v) is 4.46. The Balaban J connectivity index is 1.74. The molecule has 3 aromatic rings.